The van der Waals surface area contributed by atoms with Crippen LogP contribution in [0.25, 0.3) is 0 Å². The van der Waals surface area contributed by atoms with Crippen LogP contribution in [0.2, 0.25) is 0 Å². The van der Waals surface area contributed by atoms with Gasteiger partial charge in [-0.15, -0.1) is 0 Å². The SMILES string of the molecule is Cc1ccc(C(C)NC(C)C2CCC2)c(O)c1. The van der Waals surface area contributed by atoms with Gasteiger partial charge in [0.05, 0.1) is 0 Å². The molecule has 1 aliphatic rings. The molecule has 2 rings (SSSR count). The van der Waals surface area contributed by atoms with E-state index in [1.807, 2.05) is 19.1 Å². The summed E-state index contributed by atoms with van der Waals surface area (Å²) in [5, 5.41) is 13.5. The van der Waals surface area contributed by atoms with E-state index in [1.54, 1.807) is 0 Å². The molecule has 1 aromatic rings. The lowest BCUT2D eigenvalue weighted by molar-refractivity contribution is 0.229. The Kier molecular flexibility index (Phi) is 3.72. The molecule has 1 aliphatic carbocycles. The number of aryl methyl sites for hydroxylation is 1. The summed E-state index contributed by atoms with van der Waals surface area (Å²) < 4.78 is 0. The zero-order valence-corrected chi connectivity index (χ0v) is 11.0. The van der Waals surface area contributed by atoms with E-state index in [2.05, 4.69) is 25.2 Å². The molecule has 2 nitrogen and oxygen atoms in total. The molecule has 0 aromatic heterocycles. The van der Waals surface area contributed by atoms with Crippen molar-refractivity contribution in [3.05, 3.63) is 29.3 Å². The van der Waals surface area contributed by atoms with Crippen LogP contribution in [-0.2, 0) is 0 Å². The van der Waals surface area contributed by atoms with Crippen molar-refractivity contribution in [1.29, 1.82) is 0 Å². The summed E-state index contributed by atoms with van der Waals surface area (Å²) in [4.78, 5) is 0. The highest BCUT2D eigenvalue weighted by molar-refractivity contribution is 5.37. The summed E-state index contributed by atoms with van der Waals surface area (Å²) in [7, 11) is 0. The predicted octanol–water partition coefficient (Wildman–Crippen LogP) is 3.54. The molecule has 2 unspecified atom stereocenters. The predicted molar refractivity (Wildman–Crippen MR) is 71.2 cm³/mol. The van der Waals surface area contributed by atoms with Gasteiger partial charge in [0.15, 0.2) is 0 Å². The quantitative estimate of drug-likeness (QED) is 0.833. The minimum atomic E-state index is 0.214. The van der Waals surface area contributed by atoms with Crippen molar-refractivity contribution in [3.63, 3.8) is 0 Å². The molecular weight excluding hydrogens is 210 g/mol. The van der Waals surface area contributed by atoms with E-state index < -0.39 is 0 Å². The van der Waals surface area contributed by atoms with Crippen molar-refractivity contribution < 1.29 is 5.11 Å². The summed E-state index contributed by atoms with van der Waals surface area (Å²) >= 11 is 0. The average molecular weight is 233 g/mol. The van der Waals surface area contributed by atoms with Crippen LogP contribution < -0.4 is 5.32 Å². The first kappa shape index (κ1) is 12.4. The molecule has 1 fully saturated rings. The van der Waals surface area contributed by atoms with E-state index in [0.29, 0.717) is 11.8 Å². The first-order chi connectivity index (χ1) is 8.08. The molecule has 1 saturated carbocycles. The topological polar surface area (TPSA) is 32.3 Å². The molecule has 17 heavy (non-hydrogen) atoms. The van der Waals surface area contributed by atoms with Gasteiger partial charge in [-0.25, -0.2) is 0 Å². The minimum absolute atomic E-state index is 0.214. The van der Waals surface area contributed by atoms with Crippen LogP contribution in [0.3, 0.4) is 0 Å². The van der Waals surface area contributed by atoms with Crippen LogP contribution in [0.5, 0.6) is 5.75 Å². The van der Waals surface area contributed by atoms with Gasteiger partial charge in [-0.05, 0) is 51.2 Å². The van der Waals surface area contributed by atoms with Crippen molar-refractivity contribution in [1.82, 2.24) is 5.32 Å². The van der Waals surface area contributed by atoms with Gasteiger partial charge in [0.25, 0.3) is 0 Å². The molecule has 0 spiro atoms. The minimum Gasteiger partial charge on any atom is -0.508 e. The molecule has 0 amide bonds. The zero-order chi connectivity index (χ0) is 12.4. The molecule has 1 aromatic carbocycles. The second-order valence-electron chi connectivity index (χ2n) is 5.43. The monoisotopic (exact) mass is 233 g/mol. The van der Waals surface area contributed by atoms with E-state index in [1.165, 1.54) is 19.3 Å². The highest BCUT2D eigenvalue weighted by Crippen LogP contribution is 2.31. The maximum absolute atomic E-state index is 9.94. The van der Waals surface area contributed by atoms with Crippen LogP contribution in [0.1, 0.15) is 50.3 Å². The van der Waals surface area contributed by atoms with Crippen molar-refractivity contribution in [2.75, 3.05) is 0 Å². The van der Waals surface area contributed by atoms with Crippen molar-refractivity contribution >= 4 is 0 Å². The lowest BCUT2D eigenvalue weighted by Crippen LogP contribution is -2.38. The fourth-order valence-electron chi connectivity index (χ4n) is 2.58. The van der Waals surface area contributed by atoms with Gasteiger partial charge in [-0.1, -0.05) is 18.6 Å². The number of hydrogen-bond acceptors (Lipinski definition) is 2. The number of phenolic OH excluding ortho intramolecular Hbond substituents is 1. The van der Waals surface area contributed by atoms with Gasteiger partial charge in [0.1, 0.15) is 5.75 Å². The third-order valence-electron chi connectivity index (χ3n) is 4.02. The smallest absolute Gasteiger partial charge is 0.120 e. The first-order valence-electron chi connectivity index (χ1n) is 6.63. The van der Waals surface area contributed by atoms with Crippen LogP contribution in [0, 0.1) is 12.8 Å². The van der Waals surface area contributed by atoms with Crippen molar-refractivity contribution in [2.45, 2.75) is 52.1 Å². The molecule has 94 valence electrons. The van der Waals surface area contributed by atoms with Gasteiger partial charge in [-0.2, -0.15) is 0 Å². The maximum Gasteiger partial charge on any atom is 0.120 e. The van der Waals surface area contributed by atoms with Crippen molar-refractivity contribution in [2.24, 2.45) is 5.92 Å². The third-order valence-corrected chi connectivity index (χ3v) is 4.02. The highest BCUT2D eigenvalue weighted by atomic mass is 16.3. The van der Waals surface area contributed by atoms with E-state index in [9.17, 15) is 5.11 Å². The lowest BCUT2D eigenvalue weighted by atomic mass is 9.80. The number of nitrogens with one attached hydrogen (secondary N) is 1. The van der Waals surface area contributed by atoms with Gasteiger partial charge in [0.2, 0.25) is 0 Å². The largest absolute Gasteiger partial charge is 0.508 e. The van der Waals surface area contributed by atoms with Crippen LogP contribution in [0.4, 0.5) is 0 Å². The molecule has 0 radical (unpaired) electrons. The molecule has 0 heterocycles. The van der Waals surface area contributed by atoms with Gasteiger partial charge < -0.3 is 10.4 Å². The highest BCUT2D eigenvalue weighted by Gasteiger charge is 2.25. The summed E-state index contributed by atoms with van der Waals surface area (Å²) in [6, 6.07) is 6.67. The second kappa shape index (κ2) is 5.09. The Morgan fingerprint density at radius 1 is 1.29 bits per heavy atom. The van der Waals surface area contributed by atoms with Gasteiger partial charge in [0, 0.05) is 17.6 Å². The number of benzene rings is 1. The van der Waals surface area contributed by atoms with Crippen LogP contribution in [-0.4, -0.2) is 11.1 Å². The van der Waals surface area contributed by atoms with Crippen molar-refractivity contribution in [3.8, 4) is 5.75 Å². The summed E-state index contributed by atoms with van der Waals surface area (Å²) in [6.07, 6.45) is 4.07. The average Bonchev–Trinajstić information content (AvgIpc) is 2.13. The van der Waals surface area contributed by atoms with Gasteiger partial charge >= 0.3 is 0 Å². The van der Waals surface area contributed by atoms with Gasteiger partial charge in [-0.3, -0.25) is 0 Å². The van der Waals surface area contributed by atoms with E-state index >= 15 is 0 Å². The lowest BCUT2D eigenvalue weighted by Gasteiger charge is -2.34. The molecule has 2 atom stereocenters. The Labute approximate surface area is 104 Å². The number of hydrogen-bond donors (Lipinski definition) is 2. The fraction of sp³-hybridized carbons (Fsp3) is 0.600. The molecular formula is C15H23NO. The number of aromatic hydroxyl groups is 1. The standard InChI is InChI=1S/C15H23NO/c1-10-7-8-14(15(17)9-10)12(3)16-11(2)13-5-4-6-13/h7-9,11-13,16-17H,4-6H2,1-3H3. The Balaban J connectivity index is 2.00. The van der Waals surface area contributed by atoms with Crippen LogP contribution >= 0.6 is 0 Å². The number of rotatable bonds is 4. The second-order valence-corrected chi connectivity index (χ2v) is 5.43. The molecule has 2 N–H and O–H groups in total. The fourth-order valence-corrected chi connectivity index (χ4v) is 2.58. The Bertz CT molecular complexity index is 385. The molecule has 0 aliphatic heterocycles. The summed E-state index contributed by atoms with van der Waals surface area (Å²) in [5.74, 6) is 1.23. The summed E-state index contributed by atoms with van der Waals surface area (Å²) in [6.45, 7) is 6.38. The normalized spacial score (nSPS) is 19.7. The number of phenols is 1. The zero-order valence-electron chi connectivity index (χ0n) is 11.0. The maximum atomic E-state index is 9.94. The Hall–Kier alpha value is -1.02. The molecule has 0 bridgehead atoms. The first-order valence-corrected chi connectivity index (χ1v) is 6.63. The Morgan fingerprint density at radius 2 is 2.00 bits per heavy atom. The third kappa shape index (κ3) is 2.81. The molecule has 2 heteroatoms. The van der Waals surface area contributed by atoms with E-state index in [-0.39, 0.29) is 6.04 Å². The van der Waals surface area contributed by atoms with E-state index in [0.717, 1.165) is 17.0 Å². The van der Waals surface area contributed by atoms with E-state index in [4.69, 9.17) is 0 Å². The summed E-state index contributed by atoms with van der Waals surface area (Å²) in [5.41, 5.74) is 2.10. The Morgan fingerprint density at radius 3 is 2.53 bits per heavy atom. The molecule has 0 saturated heterocycles. The van der Waals surface area contributed by atoms with Crippen LogP contribution in [0.15, 0.2) is 18.2 Å².